The first-order chi connectivity index (χ1) is 10.8. The first-order valence-electron chi connectivity index (χ1n) is 9.57. The van der Waals surface area contributed by atoms with Crippen LogP contribution in [0.5, 0.6) is 0 Å². The summed E-state index contributed by atoms with van der Waals surface area (Å²) in [6.45, 7) is 2.84. The second-order valence-electron chi connectivity index (χ2n) is 6.33. The van der Waals surface area contributed by atoms with Crippen LogP contribution in [0.25, 0.3) is 0 Å². The molecular weight excluding hydrogens is 292 g/mol. The van der Waals surface area contributed by atoms with Crippen LogP contribution in [0, 0.1) is 0 Å². The van der Waals surface area contributed by atoms with Gasteiger partial charge in [-0.15, -0.1) is 0 Å². The number of rotatable bonds is 17. The zero-order valence-corrected chi connectivity index (χ0v) is 15.7. The molecule has 0 saturated carbocycles. The van der Waals surface area contributed by atoms with Crippen molar-refractivity contribution in [1.82, 2.24) is 0 Å². The molecule has 0 aromatic heterocycles. The monoisotopic (exact) mass is 330 g/mol. The van der Waals surface area contributed by atoms with Gasteiger partial charge in [0.25, 0.3) is 0 Å². The Hall–Kier alpha value is -0.180. The maximum Gasteiger partial charge on any atom is 0.315 e. The molecule has 0 heterocycles. The summed E-state index contributed by atoms with van der Waals surface area (Å²) in [4.78, 5) is 10.9. The Morgan fingerprint density at radius 2 is 1.05 bits per heavy atom. The van der Waals surface area contributed by atoms with E-state index in [0.29, 0.717) is 6.61 Å². The molecule has 0 aromatic rings. The van der Waals surface area contributed by atoms with E-state index in [9.17, 15) is 4.79 Å². The summed E-state index contributed by atoms with van der Waals surface area (Å²) < 4.78 is 4.99. The second kappa shape index (κ2) is 18.9. The predicted octanol–water partition coefficient (Wildman–Crippen LogP) is 6.33. The molecule has 22 heavy (non-hydrogen) atoms. The zero-order valence-electron chi connectivity index (χ0n) is 14.8. The molecule has 0 atom stereocenters. The van der Waals surface area contributed by atoms with Crippen LogP contribution in [-0.2, 0) is 9.53 Å². The summed E-state index contributed by atoms with van der Waals surface area (Å²) in [7, 11) is 0. The third-order valence-electron chi connectivity index (χ3n) is 4.14. The molecule has 0 rings (SSSR count). The SMILES string of the molecule is CCCCCCCCCCCCCCCCCOC(=O)CS. The van der Waals surface area contributed by atoms with Crippen molar-refractivity contribution in [2.24, 2.45) is 0 Å². The highest BCUT2D eigenvalue weighted by atomic mass is 32.1. The highest BCUT2D eigenvalue weighted by molar-refractivity contribution is 7.81. The van der Waals surface area contributed by atoms with E-state index >= 15 is 0 Å². The number of thiol groups is 1. The van der Waals surface area contributed by atoms with Gasteiger partial charge in [0.05, 0.1) is 12.4 Å². The van der Waals surface area contributed by atoms with Crippen LogP contribution < -0.4 is 0 Å². The van der Waals surface area contributed by atoms with Gasteiger partial charge in [0.2, 0.25) is 0 Å². The predicted molar refractivity (Wildman–Crippen MR) is 99.7 cm³/mol. The molecule has 132 valence electrons. The molecule has 0 radical (unpaired) electrons. The van der Waals surface area contributed by atoms with Crippen molar-refractivity contribution < 1.29 is 9.53 Å². The lowest BCUT2D eigenvalue weighted by Crippen LogP contribution is -2.06. The lowest BCUT2D eigenvalue weighted by atomic mass is 10.0. The molecule has 0 aliphatic carbocycles. The minimum absolute atomic E-state index is 0.193. The van der Waals surface area contributed by atoms with Gasteiger partial charge < -0.3 is 4.74 Å². The summed E-state index contributed by atoms with van der Waals surface area (Å²) in [5, 5.41) is 0. The molecule has 2 nitrogen and oxygen atoms in total. The third kappa shape index (κ3) is 17.9. The first-order valence-corrected chi connectivity index (χ1v) is 10.2. The quantitative estimate of drug-likeness (QED) is 0.191. The third-order valence-corrected chi connectivity index (χ3v) is 4.40. The van der Waals surface area contributed by atoms with E-state index in [4.69, 9.17) is 4.74 Å². The van der Waals surface area contributed by atoms with Crippen LogP contribution in [0.15, 0.2) is 0 Å². The molecule has 0 saturated heterocycles. The normalized spacial score (nSPS) is 10.8. The Labute approximate surface area is 144 Å². The number of hydrogen-bond acceptors (Lipinski definition) is 3. The van der Waals surface area contributed by atoms with Crippen LogP contribution in [0.3, 0.4) is 0 Å². The maximum absolute atomic E-state index is 10.9. The van der Waals surface area contributed by atoms with Crippen molar-refractivity contribution in [3.05, 3.63) is 0 Å². The fourth-order valence-electron chi connectivity index (χ4n) is 2.71. The van der Waals surface area contributed by atoms with E-state index in [1.54, 1.807) is 0 Å². The average Bonchev–Trinajstić information content (AvgIpc) is 2.54. The first kappa shape index (κ1) is 21.8. The number of esters is 1. The summed E-state index contributed by atoms with van der Waals surface area (Å²) in [5.74, 6) is -0.00709. The Balaban J connectivity index is 2.98. The van der Waals surface area contributed by atoms with Gasteiger partial charge in [0.15, 0.2) is 0 Å². The zero-order chi connectivity index (χ0) is 16.3. The number of unbranched alkanes of at least 4 members (excludes halogenated alkanes) is 14. The van der Waals surface area contributed by atoms with Gasteiger partial charge in [-0.2, -0.15) is 12.6 Å². The Morgan fingerprint density at radius 3 is 1.41 bits per heavy atom. The van der Waals surface area contributed by atoms with Crippen LogP contribution >= 0.6 is 12.6 Å². The molecule has 0 aliphatic rings. The van der Waals surface area contributed by atoms with E-state index in [1.807, 2.05) is 0 Å². The molecule has 0 N–H and O–H groups in total. The van der Waals surface area contributed by atoms with Gasteiger partial charge in [0.1, 0.15) is 0 Å². The fraction of sp³-hybridized carbons (Fsp3) is 0.947. The lowest BCUT2D eigenvalue weighted by Gasteiger charge is -2.04. The second-order valence-corrected chi connectivity index (χ2v) is 6.64. The molecule has 0 aromatic carbocycles. The number of carbonyl (C=O) groups is 1. The maximum atomic E-state index is 10.9. The van der Waals surface area contributed by atoms with Crippen molar-refractivity contribution in [1.29, 1.82) is 0 Å². The minimum Gasteiger partial charge on any atom is -0.465 e. The van der Waals surface area contributed by atoms with Crippen LogP contribution in [0.2, 0.25) is 0 Å². The molecule has 0 aliphatic heterocycles. The fourth-order valence-corrected chi connectivity index (χ4v) is 2.80. The van der Waals surface area contributed by atoms with Gasteiger partial charge >= 0.3 is 5.97 Å². The molecule has 0 bridgehead atoms. The topological polar surface area (TPSA) is 26.3 Å². The Bertz CT molecular complexity index is 231. The van der Waals surface area contributed by atoms with Crippen molar-refractivity contribution in [3.63, 3.8) is 0 Å². The van der Waals surface area contributed by atoms with Crippen molar-refractivity contribution in [2.45, 2.75) is 103 Å². The molecule has 0 fully saturated rings. The standard InChI is InChI=1S/C19H38O2S/c1-2-3-4-5-6-7-8-9-10-11-12-13-14-15-16-17-21-19(20)18-22/h22H,2-18H2,1H3. The van der Waals surface area contributed by atoms with Crippen molar-refractivity contribution >= 4 is 18.6 Å². The van der Waals surface area contributed by atoms with E-state index in [1.165, 1.54) is 89.9 Å². The smallest absolute Gasteiger partial charge is 0.315 e. The lowest BCUT2D eigenvalue weighted by molar-refractivity contribution is -0.140. The van der Waals surface area contributed by atoms with E-state index in [2.05, 4.69) is 19.6 Å². The average molecular weight is 331 g/mol. The highest BCUT2D eigenvalue weighted by Gasteiger charge is 1.98. The molecular formula is C19H38O2S. The number of carbonyl (C=O) groups excluding carboxylic acids is 1. The Kier molecular flexibility index (Phi) is 18.7. The van der Waals surface area contributed by atoms with Gasteiger partial charge in [-0.1, -0.05) is 96.8 Å². The van der Waals surface area contributed by atoms with Gasteiger partial charge in [-0.05, 0) is 6.42 Å². The van der Waals surface area contributed by atoms with E-state index < -0.39 is 0 Å². The summed E-state index contributed by atoms with van der Waals surface area (Å²) in [6, 6.07) is 0. The van der Waals surface area contributed by atoms with Gasteiger partial charge in [-0.25, -0.2) is 0 Å². The van der Waals surface area contributed by atoms with Crippen LogP contribution in [0.4, 0.5) is 0 Å². The van der Waals surface area contributed by atoms with Gasteiger partial charge in [-0.3, -0.25) is 4.79 Å². The van der Waals surface area contributed by atoms with Crippen molar-refractivity contribution in [3.8, 4) is 0 Å². The van der Waals surface area contributed by atoms with E-state index in [-0.39, 0.29) is 11.7 Å². The van der Waals surface area contributed by atoms with E-state index in [0.717, 1.165) is 6.42 Å². The van der Waals surface area contributed by atoms with Crippen molar-refractivity contribution in [2.75, 3.05) is 12.4 Å². The van der Waals surface area contributed by atoms with Gasteiger partial charge in [0, 0.05) is 0 Å². The molecule has 0 spiro atoms. The minimum atomic E-state index is -0.200. The molecule has 0 amide bonds. The highest BCUT2D eigenvalue weighted by Crippen LogP contribution is 2.13. The largest absolute Gasteiger partial charge is 0.465 e. The molecule has 3 heteroatoms. The van der Waals surface area contributed by atoms with Crippen LogP contribution in [0.1, 0.15) is 103 Å². The molecule has 0 unspecified atom stereocenters. The summed E-state index contributed by atoms with van der Waals surface area (Å²) in [6.07, 6.45) is 20.3. The van der Waals surface area contributed by atoms with Crippen LogP contribution in [-0.4, -0.2) is 18.3 Å². The number of hydrogen-bond donors (Lipinski definition) is 1. The number of ether oxygens (including phenoxy) is 1. The summed E-state index contributed by atoms with van der Waals surface area (Å²) >= 11 is 3.87. The summed E-state index contributed by atoms with van der Waals surface area (Å²) in [5.41, 5.74) is 0. The Morgan fingerprint density at radius 1 is 0.682 bits per heavy atom.